The van der Waals surface area contributed by atoms with E-state index in [1.807, 2.05) is 35.2 Å². The lowest BCUT2D eigenvalue weighted by Gasteiger charge is -2.33. The van der Waals surface area contributed by atoms with E-state index in [4.69, 9.17) is 5.73 Å². The Kier molecular flexibility index (Phi) is 13.2. The summed E-state index contributed by atoms with van der Waals surface area (Å²) in [4.78, 5) is 46.4. The van der Waals surface area contributed by atoms with Gasteiger partial charge in [-0.2, -0.15) is 4.99 Å². The maximum absolute atomic E-state index is 13.5. The van der Waals surface area contributed by atoms with Crippen molar-refractivity contribution in [3.8, 4) is 0 Å². The number of hydrogen-bond acceptors (Lipinski definition) is 5. The summed E-state index contributed by atoms with van der Waals surface area (Å²) in [5.41, 5.74) is 6.94. The second kappa shape index (κ2) is 16.6. The van der Waals surface area contributed by atoms with Crippen LogP contribution in [0.15, 0.2) is 35.3 Å². The molecule has 2 saturated heterocycles. The number of carbonyl (C=O) groups is 3. The number of benzene rings is 1. The van der Waals surface area contributed by atoms with Gasteiger partial charge in [-0.15, -0.1) is 0 Å². The Balaban J connectivity index is 1.47. The Hall–Kier alpha value is -2.99. The molecule has 3 rings (SSSR count). The number of carbonyl (C=O) groups excluding carboxylic acids is 3. The fourth-order valence-electron chi connectivity index (χ4n) is 5.65. The smallest absolute Gasteiger partial charge is 0.248 e. The number of piperidine rings is 1. The van der Waals surface area contributed by atoms with Crippen molar-refractivity contribution in [2.24, 2.45) is 16.6 Å². The predicted octanol–water partition coefficient (Wildman–Crippen LogP) is 2.17. The van der Waals surface area contributed by atoms with Crippen LogP contribution in [-0.4, -0.2) is 86.4 Å². The van der Waals surface area contributed by atoms with Crippen molar-refractivity contribution in [1.29, 1.82) is 0 Å². The van der Waals surface area contributed by atoms with E-state index in [0.29, 0.717) is 45.4 Å². The average Bonchev–Trinajstić information content (AvgIpc) is 3.45. The van der Waals surface area contributed by atoms with Gasteiger partial charge in [0.05, 0.1) is 6.26 Å². The van der Waals surface area contributed by atoms with E-state index in [1.54, 1.807) is 0 Å². The molecule has 3 amide bonds. The highest BCUT2D eigenvalue weighted by atomic mass is 32.2. The fraction of sp³-hybridized carbons (Fsp3) is 0.667. The number of rotatable bonds is 14. The van der Waals surface area contributed by atoms with Crippen LogP contribution in [0.5, 0.6) is 0 Å². The molecular formula is C30H48N6O5S. The van der Waals surface area contributed by atoms with Gasteiger partial charge < -0.3 is 20.9 Å². The molecule has 0 bridgehead atoms. The maximum Gasteiger partial charge on any atom is 0.248 e. The summed E-state index contributed by atoms with van der Waals surface area (Å²) < 4.78 is 26.5. The number of likely N-dealkylation sites (tertiary alicyclic amines) is 2. The minimum absolute atomic E-state index is 0.174. The Labute approximate surface area is 250 Å². The van der Waals surface area contributed by atoms with Crippen LogP contribution >= 0.6 is 0 Å². The highest BCUT2D eigenvalue weighted by Gasteiger charge is 2.38. The first kappa shape index (κ1) is 33.5. The highest BCUT2D eigenvalue weighted by molar-refractivity contribution is 7.88. The zero-order valence-corrected chi connectivity index (χ0v) is 25.9. The summed E-state index contributed by atoms with van der Waals surface area (Å²) in [6, 6.07) is 7.60. The van der Waals surface area contributed by atoms with Crippen LogP contribution in [-0.2, 0) is 30.8 Å². The van der Waals surface area contributed by atoms with Crippen molar-refractivity contribution in [3.05, 3.63) is 35.9 Å². The van der Waals surface area contributed by atoms with Crippen LogP contribution in [0.2, 0.25) is 0 Å². The van der Waals surface area contributed by atoms with Gasteiger partial charge in [0.1, 0.15) is 12.1 Å². The van der Waals surface area contributed by atoms with Crippen LogP contribution in [0.25, 0.3) is 0 Å². The van der Waals surface area contributed by atoms with Crippen molar-refractivity contribution < 1.29 is 22.8 Å². The normalized spacial score (nSPS) is 19.1. The Bertz CT molecular complexity index is 1170. The summed E-state index contributed by atoms with van der Waals surface area (Å²) in [5, 5.41) is 3.02. The predicted molar refractivity (Wildman–Crippen MR) is 164 cm³/mol. The third kappa shape index (κ3) is 11.0. The molecule has 234 valence electrons. The lowest BCUT2D eigenvalue weighted by atomic mass is 9.97. The van der Waals surface area contributed by atoms with E-state index < -0.39 is 22.1 Å². The van der Waals surface area contributed by atoms with E-state index in [9.17, 15) is 22.8 Å². The molecule has 2 fully saturated rings. The van der Waals surface area contributed by atoms with E-state index >= 15 is 0 Å². The van der Waals surface area contributed by atoms with E-state index in [1.165, 1.54) is 11.3 Å². The molecule has 0 spiro atoms. The molecule has 0 aromatic heterocycles. The number of nitrogens with one attached hydrogen (secondary N) is 2. The minimum Gasteiger partial charge on any atom is -0.369 e. The SMILES string of the molecule is CCCCCCCC(=O)N=C(N)N1CCC(CNC(=O)[C@@H]2CCCN2C(=O)[C@@H](Cc2ccccc2)NS(C)(=O)=O)CC1. The van der Waals surface area contributed by atoms with Crippen LogP contribution < -0.4 is 15.8 Å². The molecule has 1 aromatic carbocycles. The van der Waals surface area contributed by atoms with Crippen LogP contribution in [0.3, 0.4) is 0 Å². The topological polar surface area (TPSA) is 154 Å². The van der Waals surface area contributed by atoms with Gasteiger partial charge in [0.25, 0.3) is 0 Å². The number of guanidine groups is 1. The van der Waals surface area contributed by atoms with Gasteiger partial charge in [0.15, 0.2) is 5.96 Å². The van der Waals surface area contributed by atoms with Crippen molar-refractivity contribution in [1.82, 2.24) is 19.8 Å². The summed E-state index contributed by atoms with van der Waals surface area (Å²) in [7, 11) is -3.64. The monoisotopic (exact) mass is 604 g/mol. The van der Waals surface area contributed by atoms with Crippen LogP contribution in [0.1, 0.15) is 76.7 Å². The largest absolute Gasteiger partial charge is 0.369 e. The number of unbranched alkanes of at least 4 members (excludes halogenated alkanes) is 4. The number of aliphatic imine (C=N–C) groups is 1. The lowest BCUT2D eigenvalue weighted by molar-refractivity contribution is -0.139. The molecule has 12 heteroatoms. The zero-order chi connectivity index (χ0) is 30.5. The van der Waals surface area contributed by atoms with Crippen LogP contribution in [0.4, 0.5) is 0 Å². The van der Waals surface area contributed by atoms with Crippen LogP contribution in [0, 0.1) is 5.92 Å². The molecule has 2 aliphatic rings. The zero-order valence-electron chi connectivity index (χ0n) is 25.1. The first-order valence-corrected chi connectivity index (χ1v) is 17.2. The van der Waals surface area contributed by atoms with Gasteiger partial charge in [-0.1, -0.05) is 62.9 Å². The number of nitrogens with zero attached hydrogens (tertiary/aromatic N) is 3. The van der Waals surface area contributed by atoms with E-state index in [2.05, 4.69) is 22.0 Å². The average molecular weight is 605 g/mol. The number of nitrogens with two attached hydrogens (primary N) is 1. The molecule has 0 aliphatic carbocycles. The molecule has 2 heterocycles. The quantitative estimate of drug-likeness (QED) is 0.167. The molecule has 2 aliphatic heterocycles. The molecule has 1 aromatic rings. The first-order valence-electron chi connectivity index (χ1n) is 15.3. The van der Waals surface area contributed by atoms with Crippen molar-refractivity contribution in [2.45, 2.75) is 89.6 Å². The number of sulfonamides is 1. The third-order valence-corrected chi connectivity index (χ3v) is 8.73. The Morgan fingerprint density at radius 2 is 1.71 bits per heavy atom. The van der Waals surface area contributed by atoms with Crippen molar-refractivity contribution in [2.75, 3.05) is 32.4 Å². The fourth-order valence-corrected chi connectivity index (χ4v) is 6.35. The Morgan fingerprint density at radius 1 is 1.02 bits per heavy atom. The molecule has 2 atom stereocenters. The van der Waals surface area contributed by atoms with Gasteiger partial charge in [-0.05, 0) is 50.0 Å². The molecule has 11 nitrogen and oxygen atoms in total. The molecule has 0 unspecified atom stereocenters. The number of hydrogen-bond donors (Lipinski definition) is 3. The van der Waals surface area contributed by atoms with Gasteiger partial charge >= 0.3 is 0 Å². The molecule has 0 saturated carbocycles. The second-order valence-corrected chi connectivity index (χ2v) is 13.3. The second-order valence-electron chi connectivity index (χ2n) is 11.5. The van der Waals surface area contributed by atoms with Crippen molar-refractivity contribution >= 4 is 33.7 Å². The third-order valence-electron chi connectivity index (χ3n) is 8.01. The molecular weight excluding hydrogens is 556 g/mol. The highest BCUT2D eigenvalue weighted by Crippen LogP contribution is 2.21. The van der Waals surface area contributed by atoms with Gasteiger partial charge in [-0.25, -0.2) is 13.1 Å². The van der Waals surface area contributed by atoms with Gasteiger partial charge in [-0.3, -0.25) is 14.4 Å². The lowest BCUT2D eigenvalue weighted by Crippen LogP contribution is -2.54. The summed E-state index contributed by atoms with van der Waals surface area (Å²) in [5.74, 6) is -0.265. The number of amides is 3. The van der Waals surface area contributed by atoms with E-state index in [0.717, 1.165) is 50.3 Å². The standard InChI is InChI=1S/C30H48N6O5S/c1-3-4-5-6-10-15-27(37)33-30(31)35-19-16-24(17-20-35)22-32-28(38)26-14-11-18-36(26)29(39)25(34-42(2,40)41)21-23-12-8-7-9-13-23/h7-9,12-13,24-26,34H,3-6,10-11,14-22H2,1-2H3,(H,32,38)(H2,31,33,37)/t25-,26+/m1/s1. The Morgan fingerprint density at radius 3 is 2.38 bits per heavy atom. The van der Waals surface area contributed by atoms with E-state index in [-0.39, 0.29) is 36.0 Å². The summed E-state index contributed by atoms with van der Waals surface area (Å²) in [6.45, 7) is 4.36. The maximum atomic E-state index is 13.5. The first-order chi connectivity index (χ1) is 20.1. The molecule has 42 heavy (non-hydrogen) atoms. The summed E-state index contributed by atoms with van der Waals surface area (Å²) in [6.07, 6.45) is 9.82. The van der Waals surface area contributed by atoms with Gasteiger partial charge in [0, 0.05) is 32.6 Å². The van der Waals surface area contributed by atoms with Crippen molar-refractivity contribution in [3.63, 3.8) is 0 Å². The molecule has 0 radical (unpaired) electrons. The van der Waals surface area contributed by atoms with Gasteiger partial charge in [0.2, 0.25) is 27.7 Å². The molecule has 4 N–H and O–H groups in total. The summed E-state index contributed by atoms with van der Waals surface area (Å²) >= 11 is 0. The minimum atomic E-state index is -3.64.